The normalized spacial score (nSPS) is 35.7. The lowest BCUT2D eigenvalue weighted by molar-refractivity contribution is -0.227. The fraction of sp³-hybridized carbons (Fsp3) is 0.583. The van der Waals surface area contributed by atoms with Crippen molar-refractivity contribution in [3.63, 3.8) is 0 Å². The Labute approximate surface area is 198 Å². The zero-order valence-corrected chi connectivity index (χ0v) is 18.9. The Bertz CT molecular complexity index is 813. The van der Waals surface area contributed by atoms with Gasteiger partial charge in [0, 0.05) is 5.56 Å². The van der Waals surface area contributed by atoms with Gasteiger partial charge in [-0.2, -0.15) is 0 Å². The van der Waals surface area contributed by atoms with E-state index >= 15 is 0 Å². The zero-order chi connectivity index (χ0) is 25.3. The summed E-state index contributed by atoms with van der Waals surface area (Å²) in [6.07, 6.45) is -5.58. The summed E-state index contributed by atoms with van der Waals surface area (Å²) in [6, 6.07) is 7.71. The Balaban J connectivity index is 0.000000310. The number of aliphatic hydroxyl groups is 8. The fourth-order valence-electron chi connectivity index (χ4n) is 3.56. The molecular formula is C24H34O10. The molecule has 8 N–H and O–H groups in total. The minimum atomic E-state index is -1.33. The van der Waals surface area contributed by atoms with Gasteiger partial charge in [0.1, 0.15) is 48.8 Å². The van der Waals surface area contributed by atoms with Crippen molar-refractivity contribution < 1.29 is 50.3 Å². The largest absolute Gasteiger partial charge is 0.394 e. The van der Waals surface area contributed by atoms with Gasteiger partial charge in [-0.25, -0.2) is 0 Å². The van der Waals surface area contributed by atoms with E-state index in [0.29, 0.717) is 6.42 Å². The highest BCUT2D eigenvalue weighted by Gasteiger charge is 2.42. The maximum absolute atomic E-state index is 9.95. The van der Waals surface area contributed by atoms with Crippen molar-refractivity contribution in [3.8, 4) is 11.8 Å². The summed E-state index contributed by atoms with van der Waals surface area (Å²) in [7, 11) is 0. The quantitative estimate of drug-likeness (QED) is 0.214. The summed E-state index contributed by atoms with van der Waals surface area (Å²) >= 11 is 0. The Morgan fingerprint density at radius 1 is 0.824 bits per heavy atom. The van der Waals surface area contributed by atoms with E-state index < -0.39 is 61.5 Å². The number of rotatable bonds is 5. The van der Waals surface area contributed by atoms with E-state index in [1.54, 1.807) is 6.92 Å². The van der Waals surface area contributed by atoms with E-state index in [2.05, 4.69) is 11.8 Å². The highest BCUT2D eigenvalue weighted by molar-refractivity contribution is 5.51. The van der Waals surface area contributed by atoms with Gasteiger partial charge in [0.05, 0.1) is 25.9 Å². The van der Waals surface area contributed by atoms with E-state index in [1.807, 2.05) is 36.4 Å². The van der Waals surface area contributed by atoms with Gasteiger partial charge in [-0.05, 0) is 31.0 Å². The predicted molar refractivity (Wildman–Crippen MR) is 121 cm³/mol. The molecule has 0 amide bonds. The SMILES string of the molecule is CC#Cc1ccc(/C=C/C[C@H]2OC(CO)[C@@H](O)C(O)C2O)cc1.OCC1OCC(O)C(O)[C@@H]1O. The van der Waals surface area contributed by atoms with Crippen LogP contribution >= 0.6 is 0 Å². The number of benzene rings is 1. The van der Waals surface area contributed by atoms with Crippen molar-refractivity contribution in [2.24, 2.45) is 0 Å². The molecule has 34 heavy (non-hydrogen) atoms. The lowest BCUT2D eigenvalue weighted by Crippen LogP contribution is -2.58. The number of aliphatic hydroxyl groups excluding tert-OH is 8. The van der Waals surface area contributed by atoms with Crippen LogP contribution in [0.5, 0.6) is 0 Å². The fourth-order valence-corrected chi connectivity index (χ4v) is 3.56. The van der Waals surface area contributed by atoms with Crippen molar-refractivity contribution in [1.29, 1.82) is 0 Å². The minimum absolute atomic E-state index is 0.0521. The van der Waals surface area contributed by atoms with Crippen LogP contribution in [0.15, 0.2) is 30.3 Å². The van der Waals surface area contributed by atoms with Gasteiger partial charge in [0.2, 0.25) is 0 Å². The molecule has 190 valence electrons. The summed E-state index contributed by atoms with van der Waals surface area (Å²) in [4.78, 5) is 0. The Morgan fingerprint density at radius 3 is 2.00 bits per heavy atom. The van der Waals surface area contributed by atoms with Crippen LogP contribution in [-0.4, -0.2) is 116 Å². The summed E-state index contributed by atoms with van der Waals surface area (Å²) in [6.45, 7) is 0.966. The van der Waals surface area contributed by atoms with Crippen LogP contribution in [0.4, 0.5) is 0 Å². The van der Waals surface area contributed by atoms with E-state index in [1.165, 1.54) is 0 Å². The van der Waals surface area contributed by atoms with Gasteiger partial charge in [0.15, 0.2) is 0 Å². The second kappa shape index (κ2) is 13.9. The molecule has 2 saturated heterocycles. The maximum atomic E-state index is 9.95. The van der Waals surface area contributed by atoms with Crippen molar-refractivity contribution in [1.82, 2.24) is 0 Å². The lowest BCUT2D eigenvalue weighted by atomic mass is 9.93. The lowest BCUT2D eigenvalue weighted by Gasteiger charge is -2.39. The van der Waals surface area contributed by atoms with Crippen molar-refractivity contribution >= 4 is 6.08 Å². The molecule has 0 aliphatic carbocycles. The molecule has 1 aromatic rings. The van der Waals surface area contributed by atoms with Crippen LogP contribution < -0.4 is 0 Å². The van der Waals surface area contributed by atoms with Crippen LogP contribution in [0, 0.1) is 11.8 Å². The van der Waals surface area contributed by atoms with Crippen LogP contribution in [0.3, 0.4) is 0 Å². The molecule has 9 atom stereocenters. The molecule has 0 bridgehead atoms. The monoisotopic (exact) mass is 482 g/mol. The number of hydrogen-bond acceptors (Lipinski definition) is 10. The first-order valence-electron chi connectivity index (χ1n) is 11.0. The molecular weight excluding hydrogens is 448 g/mol. The molecule has 10 heteroatoms. The molecule has 0 radical (unpaired) electrons. The average Bonchev–Trinajstić information content (AvgIpc) is 2.84. The molecule has 2 aliphatic heterocycles. The molecule has 0 aromatic heterocycles. The van der Waals surface area contributed by atoms with Crippen LogP contribution in [-0.2, 0) is 9.47 Å². The van der Waals surface area contributed by atoms with Gasteiger partial charge in [-0.1, -0.05) is 30.2 Å². The van der Waals surface area contributed by atoms with E-state index in [9.17, 15) is 15.3 Å². The molecule has 10 nitrogen and oxygen atoms in total. The summed E-state index contributed by atoms with van der Waals surface area (Å²) < 4.78 is 10.3. The van der Waals surface area contributed by atoms with Crippen molar-refractivity contribution in [2.45, 2.75) is 68.3 Å². The molecule has 1 aromatic carbocycles. The number of ether oxygens (including phenoxy) is 2. The Kier molecular flexibility index (Phi) is 11.6. The molecule has 3 rings (SSSR count). The van der Waals surface area contributed by atoms with Gasteiger partial charge >= 0.3 is 0 Å². The molecule has 0 spiro atoms. The summed E-state index contributed by atoms with van der Waals surface area (Å²) in [5, 5.41) is 74.3. The number of hydrogen-bond donors (Lipinski definition) is 8. The maximum Gasteiger partial charge on any atom is 0.111 e. The van der Waals surface area contributed by atoms with Crippen LogP contribution in [0.1, 0.15) is 24.5 Å². The van der Waals surface area contributed by atoms with Gasteiger partial charge < -0.3 is 50.3 Å². The third-order valence-electron chi connectivity index (χ3n) is 5.64. The summed E-state index contributed by atoms with van der Waals surface area (Å²) in [5.74, 6) is 5.80. The third-order valence-corrected chi connectivity index (χ3v) is 5.64. The Morgan fingerprint density at radius 2 is 1.41 bits per heavy atom. The smallest absolute Gasteiger partial charge is 0.111 e. The third kappa shape index (κ3) is 7.56. The molecule has 0 saturated carbocycles. The first kappa shape index (κ1) is 28.4. The van der Waals surface area contributed by atoms with Gasteiger partial charge in [-0.15, -0.1) is 5.92 Å². The second-order valence-corrected chi connectivity index (χ2v) is 8.11. The van der Waals surface area contributed by atoms with E-state index in [4.69, 9.17) is 35.0 Å². The molecule has 2 heterocycles. The van der Waals surface area contributed by atoms with Gasteiger partial charge in [0.25, 0.3) is 0 Å². The first-order valence-corrected chi connectivity index (χ1v) is 11.0. The van der Waals surface area contributed by atoms with E-state index in [0.717, 1.165) is 11.1 Å². The predicted octanol–water partition coefficient (Wildman–Crippen LogP) is -2.24. The van der Waals surface area contributed by atoms with Crippen LogP contribution in [0.2, 0.25) is 0 Å². The highest BCUT2D eigenvalue weighted by atomic mass is 16.5. The van der Waals surface area contributed by atoms with Crippen molar-refractivity contribution in [2.75, 3.05) is 19.8 Å². The second-order valence-electron chi connectivity index (χ2n) is 8.11. The standard InChI is InChI=1S/C18H22O5.C6H12O5/c1-2-4-12-7-9-13(10-8-12)5-3-6-14-16(20)18(22)17(21)15(11-19)23-14;7-1-4-6(10)5(9)3(8)2-11-4/h3,5,7-10,14-22H,6,11H2,1H3;3-10H,1-2H2/b5-3+;/t14-,15?,16?,17-,18?;3?,4?,5?,6-/m11/s1. The summed E-state index contributed by atoms with van der Waals surface area (Å²) in [5.41, 5.74) is 1.93. The van der Waals surface area contributed by atoms with E-state index in [-0.39, 0.29) is 13.2 Å². The molecule has 2 fully saturated rings. The van der Waals surface area contributed by atoms with Gasteiger partial charge in [-0.3, -0.25) is 0 Å². The topological polar surface area (TPSA) is 180 Å². The molecule has 6 unspecified atom stereocenters. The van der Waals surface area contributed by atoms with Crippen molar-refractivity contribution in [3.05, 3.63) is 41.5 Å². The Hall–Kier alpha value is -1.88. The zero-order valence-electron chi connectivity index (χ0n) is 18.9. The van der Waals surface area contributed by atoms with Crippen LogP contribution in [0.25, 0.3) is 6.08 Å². The highest BCUT2D eigenvalue weighted by Crippen LogP contribution is 2.23. The first-order chi connectivity index (χ1) is 16.2. The average molecular weight is 483 g/mol. The minimum Gasteiger partial charge on any atom is -0.394 e. The molecule has 2 aliphatic rings.